The van der Waals surface area contributed by atoms with Crippen LogP contribution in [0.5, 0.6) is 0 Å². The third-order valence-corrected chi connectivity index (χ3v) is 4.78. The molecule has 3 rings (SSSR count). The van der Waals surface area contributed by atoms with Crippen molar-refractivity contribution in [1.82, 2.24) is 29.6 Å². The molecule has 1 atom stereocenters. The van der Waals surface area contributed by atoms with E-state index in [1.54, 1.807) is 54.1 Å². The molecule has 8 nitrogen and oxygen atoms in total. The molecule has 164 valence electrons. The van der Waals surface area contributed by atoms with E-state index in [0.29, 0.717) is 17.8 Å². The van der Waals surface area contributed by atoms with Gasteiger partial charge in [0.25, 0.3) is 5.91 Å². The molecule has 1 N–H and O–H groups in total. The molecule has 0 bridgehead atoms. The quantitative estimate of drug-likeness (QED) is 0.615. The summed E-state index contributed by atoms with van der Waals surface area (Å²) in [7, 11) is 1.66. The molecule has 0 fully saturated rings. The Bertz CT molecular complexity index is 1020. The van der Waals surface area contributed by atoms with E-state index in [1.807, 2.05) is 6.92 Å². The van der Waals surface area contributed by atoms with Crippen LogP contribution in [0.3, 0.4) is 0 Å². The lowest BCUT2D eigenvalue weighted by molar-refractivity contribution is -0.138. The summed E-state index contributed by atoms with van der Waals surface area (Å²) in [5, 5.41) is 7.07. The van der Waals surface area contributed by atoms with Gasteiger partial charge in [-0.2, -0.15) is 18.3 Å². The van der Waals surface area contributed by atoms with Crippen LogP contribution in [0, 0.1) is 6.92 Å². The highest BCUT2D eigenvalue weighted by Crippen LogP contribution is 2.28. The number of likely N-dealkylation sites (N-methyl/N-ethyl adjacent to an activating group) is 1. The maximum Gasteiger partial charge on any atom is 0.419 e. The molecular formula is C20H22F3N7O. The van der Waals surface area contributed by atoms with Crippen LogP contribution >= 0.6 is 0 Å². The molecule has 31 heavy (non-hydrogen) atoms. The number of anilines is 1. The number of carbonyl (C=O) groups is 1. The fourth-order valence-corrected chi connectivity index (χ4v) is 2.97. The van der Waals surface area contributed by atoms with Crippen LogP contribution in [-0.4, -0.2) is 55.2 Å². The first-order valence-corrected chi connectivity index (χ1v) is 9.58. The second-order valence-corrected chi connectivity index (χ2v) is 6.92. The molecule has 0 aliphatic rings. The van der Waals surface area contributed by atoms with Crippen molar-refractivity contribution in [1.29, 1.82) is 0 Å². The van der Waals surface area contributed by atoms with Gasteiger partial charge >= 0.3 is 6.18 Å². The van der Waals surface area contributed by atoms with E-state index in [9.17, 15) is 18.0 Å². The minimum atomic E-state index is -4.50. The molecule has 3 aromatic rings. The van der Waals surface area contributed by atoms with Crippen molar-refractivity contribution in [3.8, 4) is 5.69 Å². The second kappa shape index (κ2) is 9.11. The predicted octanol–water partition coefficient (Wildman–Crippen LogP) is 3.35. The van der Waals surface area contributed by atoms with E-state index >= 15 is 0 Å². The normalized spacial score (nSPS) is 12.5. The number of nitrogens with one attached hydrogen (secondary N) is 1. The topological polar surface area (TPSA) is 88.8 Å². The summed E-state index contributed by atoms with van der Waals surface area (Å²) < 4.78 is 39.5. The van der Waals surface area contributed by atoms with E-state index < -0.39 is 11.7 Å². The molecule has 0 aliphatic carbocycles. The Kier molecular flexibility index (Phi) is 6.52. The van der Waals surface area contributed by atoms with Gasteiger partial charge < -0.3 is 10.2 Å². The molecule has 0 aromatic carbocycles. The number of amides is 1. The van der Waals surface area contributed by atoms with E-state index in [4.69, 9.17) is 0 Å². The average Bonchev–Trinajstić information content (AvgIpc) is 3.27. The number of rotatable bonds is 7. The van der Waals surface area contributed by atoms with Crippen LogP contribution in [-0.2, 0) is 6.18 Å². The number of hydrogen-bond acceptors (Lipinski definition) is 6. The molecule has 1 amide bonds. The lowest BCUT2D eigenvalue weighted by atomic mass is 10.1. The fraction of sp³-hybridized carbons (Fsp3) is 0.350. The Morgan fingerprint density at radius 3 is 2.55 bits per heavy atom. The van der Waals surface area contributed by atoms with Gasteiger partial charge in [0.15, 0.2) is 5.69 Å². The first kappa shape index (κ1) is 22.2. The van der Waals surface area contributed by atoms with Gasteiger partial charge in [-0.25, -0.2) is 19.6 Å². The summed E-state index contributed by atoms with van der Waals surface area (Å²) >= 11 is 0. The fourth-order valence-electron chi connectivity index (χ4n) is 2.97. The number of pyridine rings is 1. The van der Waals surface area contributed by atoms with Crippen molar-refractivity contribution in [2.75, 3.05) is 18.9 Å². The highest BCUT2D eigenvalue weighted by molar-refractivity contribution is 5.96. The lowest BCUT2D eigenvalue weighted by Crippen LogP contribution is -2.42. The smallest absolute Gasteiger partial charge is 0.352 e. The van der Waals surface area contributed by atoms with E-state index in [1.165, 1.54) is 0 Å². The largest absolute Gasteiger partial charge is 0.419 e. The van der Waals surface area contributed by atoms with Crippen molar-refractivity contribution in [3.63, 3.8) is 0 Å². The Hall–Kier alpha value is -3.50. The number of hydrogen-bond donors (Lipinski definition) is 1. The van der Waals surface area contributed by atoms with Crippen molar-refractivity contribution in [3.05, 3.63) is 59.9 Å². The van der Waals surface area contributed by atoms with Gasteiger partial charge in [-0.1, -0.05) is 6.92 Å². The van der Waals surface area contributed by atoms with Crippen molar-refractivity contribution in [2.45, 2.75) is 32.5 Å². The average molecular weight is 433 g/mol. The van der Waals surface area contributed by atoms with E-state index in [2.05, 4.69) is 25.4 Å². The van der Waals surface area contributed by atoms with Gasteiger partial charge in [0.1, 0.15) is 0 Å². The third-order valence-electron chi connectivity index (χ3n) is 4.78. The Balaban J connectivity index is 1.74. The minimum Gasteiger partial charge on any atom is -0.352 e. The van der Waals surface area contributed by atoms with Gasteiger partial charge in [0.05, 0.1) is 11.3 Å². The first-order valence-electron chi connectivity index (χ1n) is 9.58. The summed E-state index contributed by atoms with van der Waals surface area (Å²) in [5.41, 5.74) is 0.586. The van der Waals surface area contributed by atoms with Crippen LogP contribution in [0.15, 0.2) is 43.0 Å². The summed E-state index contributed by atoms with van der Waals surface area (Å²) in [6.45, 7) is 3.96. The molecular weight excluding hydrogens is 411 g/mol. The second-order valence-electron chi connectivity index (χ2n) is 6.92. The molecule has 0 saturated heterocycles. The Morgan fingerprint density at radius 1 is 1.26 bits per heavy atom. The van der Waals surface area contributed by atoms with Gasteiger partial charge in [-0.3, -0.25) is 4.79 Å². The summed E-state index contributed by atoms with van der Waals surface area (Å²) in [6, 6.07) is 5.06. The van der Waals surface area contributed by atoms with Gasteiger partial charge in [0, 0.05) is 50.1 Å². The first-order chi connectivity index (χ1) is 14.7. The number of carbonyl (C=O) groups excluding carboxylic acids is 1. The minimum absolute atomic E-state index is 0.0539. The molecule has 3 heterocycles. The Labute approximate surface area is 177 Å². The highest BCUT2D eigenvalue weighted by atomic mass is 19.4. The lowest BCUT2D eigenvalue weighted by Gasteiger charge is -2.28. The number of alkyl halides is 3. The number of aromatic nitrogens is 5. The van der Waals surface area contributed by atoms with Crippen LogP contribution < -0.4 is 5.32 Å². The molecule has 0 aliphatic heterocycles. The number of halogens is 3. The van der Waals surface area contributed by atoms with Crippen LogP contribution in [0.4, 0.5) is 19.1 Å². The summed E-state index contributed by atoms with van der Waals surface area (Å²) in [5.74, 6) is -0.241. The summed E-state index contributed by atoms with van der Waals surface area (Å²) in [6.07, 6.45) is 0.879. The van der Waals surface area contributed by atoms with Crippen molar-refractivity contribution in [2.24, 2.45) is 0 Å². The predicted molar refractivity (Wildman–Crippen MR) is 108 cm³/mol. The Morgan fingerprint density at radius 2 is 1.97 bits per heavy atom. The SMILES string of the molecule is CC[C@@H](CNc1ncc(C(F)(F)F)cn1)N(C)C(=O)c1nc(C)ccc1-n1cccn1. The van der Waals surface area contributed by atoms with Gasteiger partial charge in [0.2, 0.25) is 5.95 Å². The highest BCUT2D eigenvalue weighted by Gasteiger charge is 2.31. The molecule has 0 saturated carbocycles. The maximum atomic E-state index is 13.2. The zero-order chi connectivity index (χ0) is 22.6. The molecule has 0 unspecified atom stereocenters. The van der Waals surface area contributed by atoms with Crippen LogP contribution in [0.25, 0.3) is 5.69 Å². The van der Waals surface area contributed by atoms with Gasteiger partial charge in [-0.05, 0) is 31.5 Å². The number of aryl methyl sites for hydroxylation is 1. The molecule has 11 heteroatoms. The van der Waals surface area contributed by atoms with Crippen molar-refractivity contribution >= 4 is 11.9 Å². The van der Waals surface area contributed by atoms with Crippen LogP contribution in [0.2, 0.25) is 0 Å². The van der Waals surface area contributed by atoms with Crippen molar-refractivity contribution < 1.29 is 18.0 Å². The van der Waals surface area contributed by atoms with E-state index in [0.717, 1.165) is 12.4 Å². The van der Waals surface area contributed by atoms with E-state index in [-0.39, 0.29) is 30.1 Å². The standard InChI is InChI=1S/C20H22F3N7O/c1-4-15(12-26-19-24-10-14(11-25-19)20(21,22)23)29(3)18(31)17-16(7-6-13(2)28-17)30-9-5-8-27-30/h5-11,15H,4,12H2,1-3H3,(H,24,25,26)/t15-/m0/s1. The molecule has 3 aromatic heterocycles. The van der Waals surface area contributed by atoms with Gasteiger partial charge in [-0.15, -0.1) is 0 Å². The zero-order valence-corrected chi connectivity index (χ0v) is 17.3. The third kappa shape index (κ3) is 5.16. The summed E-state index contributed by atoms with van der Waals surface area (Å²) in [4.78, 5) is 26.6. The monoisotopic (exact) mass is 433 g/mol. The number of nitrogens with zero attached hydrogens (tertiary/aromatic N) is 6. The van der Waals surface area contributed by atoms with Crippen LogP contribution in [0.1, 0.15) is 35.1 Å². The maximum absolute atomic E-state index is 13.2. The molecule has 0 radical (unpaired) electrons. The zero-order valence-electron chi connectivity index (χ0n) is 17.3. The molecule has 0 spiro atoms.